The number of unbranched alkanes of at least 4 members (excludes halogenated alkanes) is 7. The Hall–Kier alpha value is -2.75. The second kappa shape index (κ2) is 11.0. The van der Waals surface area contributed by atoms with Gasteiger partial charge in [-0.25, -0.2) is 13.6 Å². The summed E-state index contributed by atoms with van der Waals surface area (Å²) in [6.07, 6.45) is 11.4. The Morgan fingerprint density at radius 2 is 1.42 bits per heavy atom. The topological polar surface area (TPSA) is 37.3 Å². The molecule has 0 bridgehead atoms. The standard InChI is InChI=1S/C27H30F2O2/c1-2-3-4-5-6-7-8-9-10-19-11-12-21-18-22(14-13-20(21)17-19)23-15-16-24(27(30)31)26(29)25(23)28/h11-18H,2-10H2,1H3,(H,30,31). The maximum absolute atomic E-state index is 14.4. The number of carboxylic acid groups (broad SMARTS) is 1. The first-order valence-electron chi connectivity index (χ1n) is 11.3. The summed E-state index contributed by atoms with van der Waals surface area (Å²) in [6, 6.07) is 14.2. The van der Waals surface area contributed by atoms with Crippen molar-refractivity contribution in [1.82, 2.24) is 0 Å². The van der Waals surface area contributed by atoms with Crippen LogP contribution in [0, 0.1) is 11.6 Å². The molecule has 0 aromatic heterocycles. The van der Waals surface area contributed by atoms with Gasteiger partial charge in [0.25, 0.3) is 0 Å². The van der Waals surface area contributed by atoms with Gasteiger partial charge in [-0.3, -0.25) is 0 Å². The highest BCUT2D eigenvalue weighted by atomic mass is 19.2. The number of hydrogen-bond donors (Lipinski definition) is 1. The molecule has 3 aromatic rings. The summed E-state index contributed by atoms with van der Waals surface area (Å²) in [7, 11) is 0. The van der Waals surface area contributed by atoms with Gasteiger partial charge < -0.3 is 5.11 Å². The lowest BCUT2D eigenvalue weighted by Gasteiger charge is -2.09. The lowest BCUT2D eigenvalue weighted by atomic mass is 9.97. The third-order valence-corrected chi connectivity index (χ3v) is 5.85. The van der Waals surface area contributed by atoms with Crippen molar-refractivity contribution < 1.29 is 18.7 Å². The number of aryl methyl sites for hydroxylation is 1. The molecule has 0 heterocycles. The van der Waals surface area contributed by atoms with E-state index in [0.29, 0.717) is 5.56 Å². The first kappa shape index (κ1) is 22.9. The molecule has 0 saturated carbocycles. The average molecular weight is 425 g/mol. The van der Waals surface area contributed by atoms with Crippen molar-refractivity contribution >= 4 is 16.7 Å². The van der Waals surface area contributed by atoms with Gasteiger partial charge in [-0.1, -0.05) is 88.3 Å². The lowest BCUT2D eigenvalue weighted by Crippen LogP contribution is -2.03. The van der Waals surface area contributed by atoms with Gasteiger partial charge in [-0.15, -0.1) is 0 Å². The third kappa shape index (κ3) is 5.90. The summed E-state index contributed by atoms with van der Waals surface area (Å²) in [5, 5.41) is 11.0. The Balaban J connectivity index is 1.64. The molecule has 0 radical (unpaired) electrons. The molecule has 1 N–H and O–H groups in total. The summed E-state index contributed by atoms with van der Waals surface area (Å²) in [5.74, 6) is -3.94. The van der Waals surface area contributed by atoms with Gasteiger partial charge in [0.05, 0.1) is 5.56 Å². The minimum absolute atomic E-state index is 0.0624. The normalized spacial score (nSPS) is 11.2. The van der Waals surface area contributed by atoms with E-state index >= 15 is 0 Å². The van der Waals surface area contributed by atoms with E-state index in [2.05, 4.69) is 19.1 Å². The zero-order valence-electron chi connectivity index (χ0n) is 18.1. The van der Waals surface area contributed by atoms with Crippen molar-refractivity contribution in [1.29, 1.82) is 0 Å². The second-order valence-corrected chi connectivity index (χ2v) is 8.21. The van der Waals surface area contributed by atoms with Crippen molar-refractivity contribution in [3.05, 3.63) is 71.3 Å². The van der Waals surface area contributed by atoms with Gasteiger partial charge in [-0.2, -0.15) is 0 Å². The summed E-state index contributed by atoms with van der Waals surface area (Å²) in [4.78, 5) is 11.0. The maximum atomic E-state index is 14.4. The van der Waals surface area contributed by atoms with E-state index in [0.717, 1.165) is 23.3 Å². The molecule has 2 nitrogen and oxygen atoms in total. The number of carboxylic acids is 1. The molecule has 0 unspecified atom stereocenters. The third-order valence-electron chi connectivity index (χ3n) is 5.85. The van der Waals surface area contributed by atoms with Crippen LogP contribution in [-0.2, 0) is 6.42 Å². The number of halogens is 2. The molecular weight excluding hydrogens is 394 g/mol. The maximum Gasteiger partial charge on any atom is 0.338 e. The summed E-state index contributed by atoms with van der Waals surface area (Å²) in [6.45, 7) is 2.24. The van der Waals surface area contributed by atoms with Crippen LogP contribution in [0.3, 0.4) is 0 Å². The fraction of sp³-hybridized carbons (Fsp3) is 0.370. The highest BCUT2D eigenvalue weighted by Crippen LogP contribution is 2.30. The van der Waals surface area contributed by atoms with Crippen molar-refractivity contribution in [2.75, 3.05) is 0 Å². The van der Waals surface area contributed by atoms with E-state index in [4.69, 9.17) is 5.11 Å². The van der Waals surface area contributed by atoms with Crippen molar-refractivity contribution in [2.24, 2.45) is 0 Å². The smallest absolute Gasteiger partial charge is 0.338 e. The van der Waals surface area contributed by atoms with E-state index in [1.54, 1.807) is 6.07 Å². The Morgan fingerprint density at radius 3 is 2.13 bits per heavy atom. The second-order valence-electron chi connectivity index (χ2n) is 8.21. The lowest BCUT2D eigenvalue weighted by molar-refractivity contribution is 0.0690. The van der Waals surface area contributed by atoms with Crippen LogP contribution >= 0.6 is 0 Å². The molecule has 0 fully saturated rings. The van der Waals surface area contributed by atoms with Crippen LogP contribution in [0.2, 0.25) is 0 Å². The van der Waals surface area contributed by atoms with Crippen LogP contribution in [0.4, 0.5) is 8.78 Å². The minimum atomic E-state index is -1.48. The van der Waals surface area contributed by atoms with Crippen LogP contribution in [0.1, 0.15) is 74.2 Å². The van der Waals surface area contributed by atoms with Crippen LogP contribution in [0.25, 0.3) is 21.9 Å². The average Bonchev–Trinajstić information content (AvgIpc) is 2.76. The first-order chi connectivity index (χ1) is 15.0. The van der Waals surface area contributed by atoms with Gasteiger partial charge >= 0.3 is 5.97 Å². The molecule has 0 saturated heterocycles. The Bertz CT molecular complexity index is 1040. The monoisotopic (exact) mass is 424 g/mol. The van der Waals surface area contributed by atoms with Crippen molar-refractivity contribution in [2.45, 2.75) is 64.7 Å². The van der Waals surface area contributed by atoms with Crippen LogP contribution in [-0.4, -0.2) is 11.1 Å². The van der Waals surface area contributed by atoms with E-state index < -0.39 is 23.2 Å². The highest BCUT2D eigenvalue weighted by Gasteiger charge is 2.18. The highest BCUT2D eigenvalue weighted by molar-refractivity contribution is 5.90. The zero-order chi connectivity index (χ0) is 22.2. The van der Waals surface area contributed by atoms with E-state index in [1.807, 2.05) is 18.2 Å². The fourth-order valence-electron chi connectivity index (χ4n) is 4.02. The molecule has 0 amide bonds. The van der Waals surface area contributed by atoms with Crippen molar-refractivity contribution in [3.8, 4) is 11.1 Å². The molecule has 0 aliphatic carbocycles. The SMILES string of the molecule is CCCCCCCCCCc1ccc2cc(-c3ccc(C(=O)O)c(F)c3F)ccc2c1. The first-order valence-corrected chi connectivity index (χ1v) is 11.3. The van der Waals surface area contributed by atoms with Gasteiger partial charge in [0.1, 0.15) is 0 Å². The number of benzene rings is 3. The Kier molecular flexibility index (Phi) is 8.16. The molecule has 0 aliphatic rings. The van der Waals surface area contributed by atoms with Gasteiger partial charge in [0.15, 0.2) is 11.6 Å². The number of aromatic carboxylic acids is 1. The number of rotatable bonds is 11. The number of fused-ring (bicyclic) bond motifs is 1. The molecule has 3 rings (SSSR count). The van der Waals surface area contributed by atoms with Gasteiger partial charge in [0.2, 0.25) is 0 Å². The van der Waals surface area contributed by atoms with E-state index in [9.17, 15) is 13.6 Å². The molecule has 164 valence electrons. The number of carbonyl (C=O) groups is 1. The molecule has 4 heteroatoms. The predicted molar refractivity (Wildman–Crippen MR) is 123 cm³/mol. The van der Waals surface area contributed by atoms with Crippen LogP contribution in [0.5, 0.6) is 0 Å². The summed E-state index contributed by atoms with van der Waals surface area (Å²) < 4.78 is 28.5. The number of hydrogen-bond acceptors (Lipinski definition) is 1. The molecule has 0 aliphatic heterocycles. The largest absolute Gasteiger partial charge is 0.478 e. The zero-order valence-corrected chi connectivity index (χ0v) is 18.1. The summed E-state index contributed by atoms with van der Waals surface area (Å²) >= 11 is 0. The molecule has 31 heavy (non-hydrogen) atoms. The molecule has 3 aromatic carbocycles. The van der Waals surface area contributed by atoms with E-state index in [-0.39, 0.29) is 5.56 Å². The predicted octanol–water partition coefficient (Wildman–Crippen LogP) is 8.17. The molecule has 0 spiro atoms. The fourth-order valence-corrected chi connectivity index (χ4v) is 4.02. The molecule has 0 atom stereocenters. The van der Waals surface area contributed by atoms with Crippen molar-refractivity contribution in [3.63, 3.8) is 0 Å². The molecular formula is C27H30F2O2. The van der Waals surface area contributed by atoms with Crippen LogP contribution < -0.4 is 0 Å². The minimum Gasteiger partial charge on any atom is -0.478 e. The Labute approximate surface area is 182 Å². The Morgan fingerprint density at radius 1 is 0.774 bits per heavy atom. The quantitative estimate of drug-likeness (QED) is 0.315. The van der Waals surface area contributed by atoms with Crippen LogP contribution in [0.15, 0.2) is 48.5 Å². The van der Waals surface area contributed by atoms with Gasteiger partial charge in [0, 0.05) is 5.56 Å². The van der Waals surface area contributed by atoms with Gasteiger partial charge in [-0.05, 0) is 46.9 Å². The summed E-state index contributed by atoms with van der Waals surface area (Å²) in [5.41, 5.74) is 1.21. The van der Waals surface area contributed by atoms with E-state index in [1.165, 1.54) is 63.0 Å².